The van der Waals surface area contributed by atoms with Crippen LogP contribution in [0.4, 0.5) is 0 Å². The maximum Gasteiger partial charge on any atom is 0.170 e. The topological polar surface area (TPSA) is 117 Å². The molecule has 9 heteroatoms. The quantitative estimate of drug-likeness (QED) is 0.239. The molecule has 0 aliphatic carbocycles. The van der Waals surface area contributed by atoms with E-state index in [1.165, 1.54) is 0 Å². The van der Waals surface area contributed by atoms with Gasteiger partial charge in [-0.15, -0.1) is 36.2 Å². The van der Waals surface area contributed by atoms with Gasteiger partial charge in [-0.1, -0.05) is 34.6 Å². The number of hydrogen-bond donors (Lipinski definition) is 4. The van der Waals surface area contributed by atoms with Crippen LogP contribution < -0.4 is 11.5 Å². The predicted octanol–water partition coefficient (Wildman–Crippen LogP) is 3.09. The lowest BCUT2D eigenvalue weighted by Gasteiger charge is -1.99. The first kappa shape index (κ1) is 18.8. The molecule has 0 saturated heterocycles. The molecule has 0 fully saturated rings. The van der Waals surface area contributed by atoms with E-state index in [0.29, 0.717) is 11.1 Å². The third kappa shape index (κ3) is 3.26. The lowest BCUT2D eigenvalue weighted by Crippen LogP contribution is -2.12. The Bertz CT molecular complexity index is 836. The van der Waals surface area contributed by atoms with Gasteiger partial charge in [0, 0.05) is 31.3 Å². The number of oxime groups is 2. The summed E-state index contributed by atoms with van der Waals surface area (Å²) in [5.41, 5.74) is 12.5. The molecule has 23 heavy (non-hydrogen) atoms. The summed E-state index contributed by atoms with van der Waals surface area (Å²) in [6.45, 7) is 0. The fourth-order valence-corrected chi connectivity index (χ4v) is 3.40. The van der Waals surface area contributed by atoms with Gasteiger partial charge in [-0.05, 0) is 12.1 Å². The van der Waals surface area contributed by atoms with Crippen molar-refractivity contribution < 1.29 is 10.4 Å². The molecule has 1 aromatic heterocycles. The lowest BCUT2D eigenvalue weighted by atomic mass is 10.1. The first-order valence-electron chi connectivity index (χ1n) is 6.06. The number of hydrogen-bond acceptors (Lipinski definition) is 5. The molecule has 6 N–H and O–H groups in total. The highest BCUT2D eigenvalue weighted by Gasteiger charge is 2.09. The molecule has 3 aromatic rings. The fraction of sp³-hybridized carbons (Fsp3) is 0. The van der Waals surface area contributed by atoms with E-state index in [2.05, 4.69) is 10.3 Å². The lowest BCUT2D eigenvalue weighted by molar-refractivity contribution is 0.318. The molecule has 0 atom stereocenters. The standard InChI is InChI=1S/C14H12N4O2S.2ClH/c15-13(17-19)7-1-3-9-10-4-2-8(14(16)18-20)6-12(10)21-11(9)5-7;;/h1-6,19-20H,(H2,15,17)(H2,16,18);2*1H. The summed E-state index contributed by atoms with van der Waals surface area (Å²) in [6, 6.07) is 11.2. The van der Waals surface area contributed by atoms with E-state index in [1.807, 2.05) is 24.3 Å². The van der Waals surface area contributed by atoms with Gasteiger partial charge in [0.05, 0.1) is 0 Å². The van der Waals surface area contributed by atoms with E-state index < -0.39 is 0 Å². The maximum absolute atomic E-state index is 8.74. The monoisotopic (exact) mass is 372 g/mol. The minimum Gasteiger partial charge on any atom is -0.409 e. The van der Waals surface area contributed by atoms with E-state index in [9.17, 15) is 0 Å². The zero-order valence-electron chi connectivity index (χ0n) is 11.6. The van der Waals surface area contributed by atoms with Crippen LogP contribution in [-0.2, 0) is 0 Å². The van der Waals surface area contributed by atoms with Gasteiger partial charge in [0.2, 0.25) is 0 Å². The van der Waals surface area contributed by atoms with Crippen molar-refractivity contribution in [2.24, 2.45) is 21.8 Å². The SMILES string of the molecule is Cl.Cl.N/C(=N\O)c1ccc2c(c1)sc1cc(/C(N)=N/O)ccc12. The molecule has 0 aliphatic heterocycles. The largest absolute Gasteiger partial charge is 0.409 e. The van der Waals surface area contributed by atoms with E-state index in [1.54, 1.807) is 23.5 Å². The van der Waals surface area contributed by atoms with Crippen LogP contribution >= 0.6 is 36.2 Å². The van der Waals surface area contributed by atoms with Crippen LogP contribution in [0.5, 0.6) is 0 Å². The molecule has 0 unspecified atom stereocenters. The van der Waals surface area contributed by atoms with Crippen molar-refractivity contribution in [3.8, 4) is 0 Å². The van der Waals surface area contributed by atoms with Crippen LogP contribution in [0.3, 0.4) is 0 Å². The molecule has 0 saturated carbocycles. The van der Waals surface area contributed by atoms with Crippen LogP contribution in [-0.4, -0.2) is 22.1 Å². The molecule has 0 spiro atoms. The predicted molar refractivity (Wildman–Crippen MR) is 98.8 cm³/mol. The van der Waals surface area contributed by atoms with Crippen LogP contribution in [0.25, 0.3) is 20.2 Å². The Labute approximate surface area is 147 Å². The van der Waals surface area contributed by atoms with Gasteiger partial charge < -0.3 is 21.9 Å². The first-order chi connectivity index (χ1) is 10.1. The molecule has 122 valence electrons. The van der Waals surface area contributed by atoms with Crippen LogP contribution in [0.1, 0.15) is 11.1 Å². The smallest absolute Gasteiger partial charge is 0.170 e. The van der Waals surface area contributed by atoms with Crippen molar-refractivity contribution in [2.75, 3.05) is 0 Å². The second-order valence-corrected chi connectivity index (χ2v) is 5.58. The summed E-state index contributed by atoms with van der Waals surface area (Å²) in [6.07, 6.45) is 0. The highest BCUT2D eigenvalue weighted by molar-refractivity contribution is 7.25. The summed E-state index contributed by atoms with van der Waals surface area (Å²) < 4.78 is 2.04. The average molecular weight is 373 g/mol. The Morgan fingerprint density at radius 1 is 0.783 bits per heavy atom. The zero-order valence-corrected chi connectivity index (χ0v) is 14.1. The van der Waals surface area contributed by atoms with Crippen molar-refractivity contribution in [3.05, 3.63) is 47.5 Å². The summed E-state index contributed by atoms with van der Waals surface area (Å²) in [5.74, 6) is 0.151. The second kappa shape index (κ2) is 7.36. The van der Waals surface area contributed by atoms with E-state index >= 15 is 0 Å². The summed E-state index contributed by atoms with van der Waals surface area (Å²) >= 11 is 1.56. The molecule has 3 rings (SSSR count). The summed E-state index contributed by atoms with van der Waals surface area (Å²) in [7, 11) is 0. The highest BCUT2D eigenvalue weighted by Crippen LogP contribution is 2.34. The van der Waals surface area contributed by atoms with Gasteiger partial charge in [0.1, 0.15) is 0 Å². The molecule has 2 aromatic carbocycles. The van der Waals surface area contributed by atoms with Gasteiger partial charge >= 0.3 is 0 Å². The molecule has 0 aliphatic rings. The van der Waals surface area contributed by atoms with Gasteiger partial charge in [-0.2, -0.15) is 0 Å². The number of halogens is 2. The van der Waals surface area contributed by atoms with Crippen molar-refractivity contribution in [1.29, 1.82) is 0 Å². The summed E-state index contributed by atoms with van der Waals surface area (Å²) in [5, 5.41) is 25.7. The second-order valence-electron chi connectivity index (χ2n) is 4.49. The molecule has 6 nitrogen and oxygen atoms in total. The maximum atomic E-state index is 8.74. The van der Waals surface area contributed by atoms with Crippen molar-refractivity contribution in [3.63, 3.8) is 0 Å². The Balaban J connectivity index is 0.00000132. The first-order valence-corrected chi connectivity index (χ1v) is 6.88. The average Bonchev–Trinajstić information content (AvgIpc) is 2.89. The van der Waals surface area contributed by atoms with Crippen LogP contribution in [0, 0.1) is 0 Å². The van der Waals surface area contributed by atoms with Gasteiger partial charge in [-0.25, -0.2) is 0 Å². The van der Waals surface area contributed by atoms with Gasteiger partial charge in [-0.3, -0.25) is 0 Å². The zero-order chi connectivity index (χ0) is 15.0. The normalized spacial score (nSPS) is 12.0. The molecule has 0 bridgehead atoms. The third-order valence-corrected chi connectivity index (χ3v) is 4.40. The minimum atomic E-state index is 0. The van der Waals surface area contributed by atoms with E-state index in [0.717, 1.165) is 20.2 Å². The van der Waals surface area contributed by atoms with Crippen molar-refractivity contribution in [2.45, 2.75) is 0 Å². The molecule has 0 radical (unpaired) electrons. The Kier molecular flexibility index (Phi) is 6.03. The van der Waals surface area contributed by atoms with Gasteiger partial charge in [0.15, 0.2) is 11.7 Å². The van der Waals surface area contributed by atoms with Crippen molar-refractivity contribution >= 4 is 68.0 Å². The fourth-order valence-electron chi connectivity index (χ4n) is 2.21. The third-order valence-electron chi connectivity index (χ3n) is 3.28. The van der Waals surface area contributed by atoms with Crippen molar-refractivity contribution in [1.82, 2.24) is 0 Å². The Morgan fingerprint density at radius 2 is 1.17 bits per heavy atom. The number of thiophene rings is 1. The number of rotatable bonds is 2. The highest BCUT2D eigenvalue weighted by atomic mass is 35.5. The van der Waals surface area contributed by atoms with E-state index in [4.69, 9.17) is 21.9 Å². The molecular formula is C14H14Cl2N4O2S. The number of nitrogens with zero attached hydrogens (tertiary/aromatic N) is 2. The minimum absolute atomic E-state index is 0. The van der Waals surface area contributed by atoms with Crippen LogP contribution in [0.15, 0.2) is 46.7 Å². The number of nitrogens with two attached hydrogens (primary N) is 2. The molecular weight excluding hydrogens is 359 g/mol. The van der Waals surface area contributed by atoms with Gasteiger partial charge in [0.25, 0.3) is 0 Å². The molecule has 0 amide bonds. The van der Waals surface area contributed by atoms with Crippen LogP contribution in [0.2, 0.25) is 0 Å². The number of amidine groups is 2. The number of fused-ring (bicyclic) bond motifs is 3. The van der Waals surface area contributed by atoms with E-state index in [-0.39, 0.29) is 36.5 Å². The number of benzene rings is 2. The Hall–Kier alpha value is -2.22. The molecule has 1 heterocycles. The Morgan fingerprint density at radius 3 is 1.52 bits per heavy atom. The summed E-state index contributed by atoms with van der Waals surface area (Å²) in [4.78, 5) is 0.